The molecule has 1 aliphatic carbocycles. The van der Waals surface area contributed by atoms with Crippen molar-refractivity contribution >= 4 is 0 Å². The molecule has 4 heteroatoms. The van der Waals surface area contributed by atoms with Crippen LogP contribution in [0.25, 0.3) is 0 Å². The number of hydrogen-bond donors (Lipinski definition) is 2. The quantitative estimate of drug-likeness (QED) is 0.559. The third-order valence-corrected chi connectivity index (χ3v) is 2.31. The Morgan fingerprint density at radius 2 is 2.00 bits per heavy atom. The summed E-state index contributed by atoms with van der Waals surface area (Å²) < 4.78 is 25.2. The van der Waals surface area contributed by atoms with E-state index >= 15 is 0 Å². The minimum absolute atomic E-state index is 0.0845. The first-order valence-electron chi connectivity index (χ1n) is 3.69. The van der Waals surface area contributed by atoms with E-state index in [1.165, 1.54) is 6.92 Å². The van der Waals surface area contributed by atoms with E-state index in [4.69, 9.17) is 5.73 Å². The normalized spacial score (nSPS) is 43.9. The molecule has 11 heavy (non-hydrogen) atoms. The van der Waals surface area contributed by atoms with Gasteiger partial charge in [0.25, 0.3) is 0 Å². The third kappa shape index (κ3) is 1.87. The van der Waals surface area contributed by atoms with Gasteiger partial charge in [0.2, 0.25) is 5.92 Å². The molecule has 0 aromatic carbocycles. The van der Waals surface area contributed by atoms with Crippen LogP contribution in [0.15, 0.2) is 0 Å². The van der Waals surface area contributed by atoms with Crippen LogP contribution in [-0.4, -0.2) is 22.7 Å². The van der Waals surface area contributed by atoms with Crippen LogP contribution in [0.5, 0.6) is 0 Å². The minimum Gasteiger partial charge on any atom is -0.389 e. The molecular weight excluding hydrogens is 152 g/mol. The van der Waals surface area contributed by atoms with E-state index < -0.39 is 24.0 Å². The first-order chi connectivity index (χ1) is 4.83. The summed E-state index contributed by atoms with van der Waals surface area (Å²) in [5.74, 6) is -2.68. The molecule has 1 aliphatic rings. The number of aliphatic hydroxyl groups is 1. The lowest BCUT2D eigenvalue weighted by atomic mass is 9.80. The second-order valence-electron chi connectivity index (χ2n) is 3.52. The van der Waals surface area contributed by atoms with Gasteiger partial charge >= 0.3 is 0 Å². The summed E-state index contributed by atoms with van der Waals surface area (Å²) in [6.07, 6.45) is -0.575. The summed E-state index contributed by atoms with van der Waals surface area (Å²) in [4.78, 5) is 0. The van der Waals surface area contributed by atoms with Crippen molar-refractivity contribution in [3.05, 3.63) is 0 Å². The van der Waals surface area contributed by atoms with Gasteiger partial charge in [-0.1, -0.05) is 0 Å². The van der Waals surface area contributed by atoms with Gasteiger partial charge in [-0.2, -0.15) is 0 Å². The molecule has 0 bridgehead atoms. The van der Waals surface area contributed by atoms with Crippen LogP contribution in [0.3, 0.4) is 0 Å². The molecule has 2 atom stereocenters. The van der Waals surface area contributed by atoms with E-state index in [-0.39, 0.29) is 12.8 Å². The molecule has 0 saturated heterocycles. The Labute approximate surface area is 64.4 Å². The summed E-state index contributed by atoms with van der Waals surface area (Å²) in [5, 5.41) is 9.42. The second-order valence-corrected chi connectivity index (χ2v) is 3.52. The van der Waals surface area contributed by atoms with Gasteiger partial charge in [-0.3, -0.25) is 0 Å². The largest absolute Gasteiger partial charge is 0.389 e. The van der Waals surface area contributed by atoms with Crippen LogP contribution >= 0.6 is 0 Å². The maximum atomic E-state index is 12.6. The van der Waals surface area contributed by atoms with Crippen LogP contribution in [0.4, 0.5) is 8.78 Å². The molecule has 0 aromatic rings. The van der Waals surface area contributed by atoms with E-state index in [9.17, 15) is 13.9 Å². The molecule has 2 unspecified atom stereocenters. The van der Waals surface area contributed by atoms with E-state index in [2.05, 4.69) is 0 Å². The van der Waals surface area contributed by atoms with E-state index in [0.29, 0.717) is 0 Å². The maximum absolute atomic E-state index is 12.6. The molecule has 0 radical (unpaired) electrons. The first kappa shape index (κ1) is 8.87. The monoisotopic (exact) mass is 165 g/mol. The zero-order valence-electron chi connectivity index (χ0n) is 6.48. The topological polar surface area (TPSA) is 46.2 Å². The van der Waals surface area contributed by atoms with Gasteiger partial charge in [-0.05, 0) is 13.3 Å². The Hall–Kier alpha value is -0.220. The first-order valence-corrected chi connectivity index (χ1v) is 3.69. The van der Waals surface area contributed by atoms with Gasteiger partial charge in [0, 0.05) is 18.9 Å². The van der Waals surface area contributed by atoms with Crippen LogP contribution in [0.1, 0.15) is 26.2 Å². The Bertz CT molecular complexity index is 159. The lowest BCUT2D eigenvalue weighted by Crippen LogP contribution is -2.53. The Kier molecular flexibility index (Phi) is 1.92. The van der Waals surface area contributed by atoms with Gasteiger partial charge < -0.3 is 10.8 Å². The van der Waals surface area contributed by atoms with Crippen molar-refractivity contribution in [2.45, 2.75) is 43.8 Å². The standard InChI is InChI=1S/C7H13F2NO/c1-6(11)2-3-7(8,9)4-5(6)10/h5,11H,2-4,10H2,1H3. The summed E-state index contributed by atoms with van der Waals surface area (Å²) >= 11 is 0. The van der Waals surface area contributed by atoms with Gasteiger partial charge in [-0.15, -0.1) is 0 Å². The number of alkyl halides is 2. The van der Waals surface area contributed by atoms with E-state index in [0.717, 1.165) is 0 Å². The fourth-order valence-electron chi connectivity index (χ4n) is 1.27. The zero-order chi connectivity index (χ0) is 8.70. The molecule has 0 aromatic heterocycles. The predicted molar refractivity (Wildman–Crippen MR) is 37.4 cm³/mol. The summed E-state index contributed by atoms with van der Waals surface area (Å²) in [5.41, 5.74) is 4.25. The van der Waals surface area contributed by atoms with Crippen LogP contribution < -0.4 is 5.73 Å². The Balaban J connectivity index is 2.63. The van der Waals surface area contributed by atoms with Crippen molar-refractivity contribution in [3.8, 4) is 0 Å². The van der Waals surface area contributed by atoms with Gasteiger partial charge in [0.1, 0.15) is 0 Å². The number of hydrogen-bond acceptors (Lipinski definition) is 2. The van der Waals surface area contributed by atoms with Crippen molar-refractivity contribution in [2.75, 3.05) is 0 Å². The average molecular weight is 165 g/mol. The van der Waals surface area contributed by atoms with Crippen molar-refractivity contribution in [1.29, 1.82) is 0 Å². The lowest BCUT2D eigenvalue weighted by molar-refractivity contribution is -0.107. The number of rotatable bonds is 0. The van der Waals surface area contributed by atoms with Crippen LogP contribution in [-0.2, 0) is 0 Å². The van der Waals surface area contributed by atoms with Crippen LogP contribution in [0, 0.1) is 0 Å². The van der Waals surface area contributed by atoms with Gasteiger partial charge in [-0.25, -0.2) is 8.78 Å². The SMILES string of the molecule is CC1(O)CCC(F)(F)CC1N. The molecule has 0 spiro atoms. The highest BCUT2D eigenvalue weighted by Crippen LogP contribution is 2.37. The Morgan fingerprint density at radius 3 is 2.36 bits per heavy atom. The second kappa shape index (κ2) is 2.38. The predicted octanol–water partition coefficient (Wildman–Crippen LogP) is 0.884. The van der Waals surface area contributed by atoms with E-state index in [1.54, 1.807) is 0 Å². The average Bonchev–Trinajstić information content (AvgIpc) is 1.81. The molecular formula is C7H13F2NO. The number of halogens is 2. The fourth-order valence-corrected chi connectivity index (χ4v) is 1.27. The summed E-state index contributed by atoms with van der Waals surface area (Å²) in [6, 6.07) is -0.800. The van der Waals surface area contributed by atoms with Crippen LogP contribution in [0.2, 0.25) is 0 Å². The molecule has 0 aliphatic heterocycles. The van der Waals surface area contributed by atoms with Crippen molar-refractivity contribution < 1.29 is 13.9 Å². The summed E-state index contributed by atoms with van der Waals surface area (Å²) in [6.45, 7) is 1.51. The minimum atomic E-state index is -2.68. The van der Waals surface area contributed by atoms with Crippen molar-refractivity contribution in [2.24, 2.45) is 5.73 Å². The summed E-state index contributed by atoms with van der Waals surface area (Å²) in [7, 11) is 0. The third-order valence-electron chi connectivity index (χ3n) is 2.31. The molecule has 1 fully saturated rings. The molecule has 0 amide bonds. The highest BCUT2D eigenvalue weighted by molar-refractivity contribution is 4.95. The fraction of sp³-hybridized carbons (Fsp3) is 1.00. The highest BCUT2D eigenvalue weighted by Gasteiger charge is 2.45. The molecule has 66 valence electrons. The zero-order valence-corrected chi connectivity index (χ0v) is 6.48. The molecule has 0 heterocycles. The molecule has 1 rings (SSSR count). The van der Waals surface area contributed by atoms with Gasteiger partial charge in [0.05, 0.1) is 5.60 Å². The number of nitrogens with two attached hydrogens (primary N) is 1. The maximum Gasteiger partial charge on any atom is 0.249 e. The Morgan fingerprint density at radius 1 is 1.45 bits per heavy atom. The van der Waals surface area contributed by atoms with Crippen molar-refractivity contribution in [1.82, 2.24) is 0 Å². The van der Waals surface area contributed by atoms with E-state index in [1.807, 2.05) is 0 Å². The smallest absolute Gasteiger partial charge is 0.249 e. The molecule has 2 nitrogen and oxygen atoms in total. The van der Waals surface area contributed by atoms with Crippen molar-refractivity contribution in [3.63, 3.8) is 0 Å². The van der Waals surface area contributed by atoms with Gasteiger partial charge in [0.15, 0.2) is 0 Å². The highest BCUT2D eigenvalue weighted by atomic mass is 19.3. The lowest BCUT2D eigenvalue weighted by Gasteiger charge is -2.38. The molecule has 3 N–H and O–H groups in total. The molecule has 1 saturated carbocycles.